The summed E-state index contributed by atoms with van der Waals surface area (Å²) in [5.74, 6) is -3.31. The van der Waals surface area contributed by atoms with Gasteiger partial charge in [0.05, 0.1) is 11.1 Å². The first-order chi connectivity index (χ1) is 10.6. The fourth-order valence-electron chi connectivity index (χ4n) is 1.91. The summed E-state index contributed by atoms with van der Waals surface area (Å²) in [5, 5.41) is 12.6. The van der Waals surface area contributed by atoms with Gasteiger partial charge >= 0.3 is 5.97 Å². The SMILES string of the molecule is O=C(O)c1cccc(-c2noc(-c3cccc(F)c3F)n2)c1. The number of hydrogen-bond acceptors (Lipinski definition) is 4. The van der Waals surface area contributed by atoms with Crippen molar-refractivity contribution in [2.24, 2.45) is 0 Å². The minimum Gasteiger partial charge on any atom is -0.478 e. The van der Waals surface area contributed by atoms with E-state index in [4.69, 9.17) is 9.63 Å². The zero-order valence-electron chi connectivity index (χ0n) is 11.0. The molecule has 3 aromatic rings. The Morgan fingerprint density at radius 3 is 2.68 bits per heavy atom. The Morgan fingerprint density at radius 1 is 1.14 bits per heavy atom. The molecule has 0 aliphatic rings. The monoisotopic (exact) mass is 302 g/mol. The lowest BCUT2D eigenvalue weighted by Crippen LogP contribution is -1.96. The van der Waals surface area contributed by atoms with E-state index in [-0.39, 0.29) is 22.8 Å². The maximum Gasteiger partial charge on any atom is 0.335 e. The molecular formula is C15H8F2N2O3. The van der Waals surface area contributed by atoms with Gasteiger partial charge in [0.15, 0.2) is 11.6 Å². The highest BCUT2D eigenvalue weighted by molar-refractivity contribution is 5.89. The summed E-state index contributed by atoms with van der Waals surface area (Å²) < 4.78 is 31.8. The van der Waals surface area contributed by atoms with E-state index in [0.29, 0.717) is 5.56 Å². The van der Waals surface area contributed by atoms with E-state index >= 15 is 0 Å². The van der Waals surface area contributed by atoms with Crippen LogP contribution in [0.15, 0.2) is 47.0 Å². The Bertz CT molecular complexity index is 861. The van der Waals surface area contributed by atoms with Gasteiger partial charge in [0.2, 0.25) is 5.82 Å². The molecule has 110 valence electrons. The number of carboxylic acids is 1. The lowest BCUT2D eigenvalue weighted by atomic mass is 10.1. The fraction of sp³-hybridized carbons (Fsp3) is 0. The molecule has 0 fully saturated rings. The van der Waals surface area contributed by atoms with Crippen molar-refractivity contribution in [3.8, 4) is 22.8 Å². The van der Waals surface area contributed by atoms with E-state index in [9.17, 15) is 13.6 Å². The van der Waals surface area contributed by atoms with Crippen LogP contribution in [0.4, 0.5) is 8.78 Å². The van der Waals surface area contributed by atoms with Crippen LogP contribution in [0.25, 0.3) is 22.8 Å². The summed E-state index contributed by atoms with van der Waals surface area (Å²) in [7, 11) is 0. The number of rotatable bonds is 3. The molecule has 1 heterocycles. The maximum atomic E-state index is 13.7. The molecule has 0 aliphatic heterocycles. The van der Waals surface area contributed by atoms with Crippen LogP contribution in [0, 0.1) is 11.6 Å². The van der Waals surface area contributed by atoms with Crippen molar-refractivity contribution in [2.45, 2.75) is 0 Å². The first kappa shape index (κ1) is 13.9. The van der Waals surface area contributed by atoms with Crippen molar-refractivity contribution < 1.29 is 23.2 Å². The molecule has 0 unspecified atom stereocenters. The van der Waals surface area contributed by atoms with Gasteiger partial charge in [0, 0.05) is 5.56 Å². The third kappa shape index (κ3) is 2.44. The summed E-state index contributed by atoms with van der Waals surface area (Å²) in [5.41, 5.74) is 0.292. The number of carboxylic acid groups (broad SMARTS) is 1. The summed E-state index contributed by atoms with van der Waals surface area (Å²) in [6, 6.07) is 9.50. The normalized spacial score (nSPS) is 10.6. The molecule has 1 N–H and O–H groups in total. The molecule has 0 aliphatic carbocycles. The smallest absolute Gasteiger partial charge is 0.335 e. The van der Waals surface area contributed by atoms with Gasteiger partial charge in [0.1, 0.15) is 0 Å². The van der Waals surface area contributed by atoms with Gasteiger partial charge < -0.3 is 9.63 Å². The molecule has 22 heavy (non-hydrogen) atoms. The van der Waals surface area contributed by atoms with Gasteiger partial charge in [-0.1, -0.05) is 23.4 Å². The number of aromatic nitrogens is 2. The molecule has 2 aromatic carbocycles. The number of halogens is 2. The van der Waals surface area contributed by atoms with Crippen molar-refractivity contribution in [3.63, 3.8) is 0 Å². The molecule has 0 bridgehead atoms. The molecule has 0 radical (unpaired) electrons. The van der Waals surface area contributed by atoms with E-state index in [1.165, 1.54) is 30.3 Å². The Hall–Kier alpha value is -3.09. The van der Waals surface area contributed by atoms with E-state index < -0.39 is 17.6 Å². The molecule has 0 saturated carbocycles. The van der Waals surface area contributed by atoms with Crippen LogP contribution in [0.5, 0.6) is 0 Å². The summed E-state index contributed by atoms with van der Waals surface area (Å²) >= 11 is 0. The highest BCUT2D eigenvalue weighted by Crippen LogP contribution is 2.25. The Morgan fingerprint density at radius 2 is 1.91 bits per heavy atom. The minimum absolute atomic E-state index is 0.0563. The fourth-order valence-corrected chi connectivity index (χ4v) is 1.91. The van der Waals surface area contributed by atoms with Crippen molar-refractivity contribution >= 4 is 5.97 Å². The quantitative estimate of drug-likeness (QED) is 0.802. The molecule has 0 spiro atoms. The first-order valence-corrected chi connectivity index (χ1v) is 6.18. The second kappa shape index (κ2) is 5.36. The van der Waals surface area contributed by atoms with Gasteiger partial charge in [-0.25, -0.2) is 13.6 Å². The number of hydrogen-bond donors (Lipinski definition) is 1. The van der Waals surface area contributed by atoms with Crippen LogP contribution >= 0.6 is 0 Å². The van der Waals surface area contributed by atoms with E-state index in [2.05, 4.69) is 10.1 Å². The zero-order chi connectivity index (χ0) is 15.7. The molecule has 3 rings (SSSR count). The van der Waals surface area contributed by atoms with Crippen molar-refractivity contribution in [2.75, 3.05) is 0 Å². The lowest BCUT2D eigenvalue weighted by molar-refractivity contribution is 0.0697. The highest BCUT2D eigenvalue weighted by Gasteiger charge is 2.17. The standard InChI is InChI=1S/C15H8F2N2O3/c16-11-6-2-5-10(12(11)17)14-18-13(19-22-14)8-3-1-4-9(7-8)15(20)21/h1-7H,(H,20,21). The van der Waals surface area contributed by atoms with E-state index in [1.807, 2.05) is 0 Å². The van der Waals surface area contributed by atoms with Crippen molar-refractivity contribution in [1.29, 1.82) is 0 Å². The van der Waals surface area contributed by atoms with Crippen LogP contribution in [0.3, 0.4) is 0 Å². The largest absolute Gasteiger partial charge is 0.478 e. The predicted molar refractivity (Wildman–Crippen MR) is 72.0 cm³/mol. The molecule has 0 atom stereocenters. The van der Waals surface area contributed by atoms with Gasteiger partial charge in [0.25, 0.3) is 5.89 Å². The molecule has 7 heteroatoms. The third-order valence-electron chi connectivity index (χ3n) is 2.98. The maximum absolute atomic E-state index is 13.7. The third-order valence-corrected chi connectivity index (χ3v) is 2.98. The van der Waals surface area contributed by atoms with Crippen molar-refractivity contribution in [1.82, 2.24) is 10.1 Å². The molecule has 1 aromatic heterocycles. The number of aromatic carboxylic acids is 1. The van der Waals surface area contributed by atoms with Crippen LogP contribution in [-0.2, 0) is 0 Å². The minimum atomic E-state index is -1.10. The topological polar surface area (TPSA) is 76.2 Å². The van der Waals surface area contributed by atoms with E-state index in [0.717, 1.165) is 6.07 Å². The lowest BCUT2D eigenvalue weighted by Gasteiger charge is -1.98. The van der Waals surface area contributed by atoms with Gasteiger partial charge in [-0.05, 0) is 24.3 Å². The number of benzene rings is 2. The Kier molecular flexibility index (Phi) is 3.38. The van der Waals surface area contributed by atoms with Crippen LogP contribution in [0.2, 0.25) is 0 Å². The van der Waals surface area contributed by atoms with Gasteiger partial charge in [-0.2, -0.15) is 4.98 Å². The molecule has 0 saturated heterocycles. The number of carbonyl (C=O) groups is 1. The second-order valence-electron chi connectivity index (χ2n) is 4.41. The van der Waals surface area contributed by atoms with Crippen molar-refractivity contribution in [3.05, 3.63) is 59.7 Å². The average Bonchev–Trinajstić information content (AvgIpc) is 3.00. The predicted octanol–water partition coefficient (Wildman–Crippen LogP) is 3.38. The second-order valence-corrected chi connectivity index (χ2v) is 4.41. The van der Waals surface area contributed by atoms with Gasteiger partial charge in [-0.3, -0.25) is 0 Å². The van der Waals surface area contributed by atoms with Crippen LogP contribution in [0.1, 0.15) is 10.4 Å². The zero-order valence-corrected chi connectivity index (χ0v) is 11.0. The van der Waals surface area contributed by atoms with E-state index in [1.54, 1.807) is 6.07 Å². The molecular weight excluding hydrogens is 294 g/mol. The first-order valence-electron chi connectivity index (χ1n) is 6.18. The molecule has 5 nitrogen and oxygen atoms in total. The summed E-state index contributed by atoms with van der Waals surface area (Å²) in [6.45, 7) is 0. The number of nitrogens with zero attached hydrogens (tertiary/aromatic N) is 2. The highest BCUT2D eigenvalue weighted by atomic mass is 19.2. The Labute approximate surface area is 122 Å². The Balaban J connectivity index is 2.02. The molecule has 0 amide bonds. The van der Waals surface area contributed by atoms with Crippen LogP contribution in [-0.4, -0.2) is 21.2 Å². The summed E-state index contributed by atoms with van der Waals surface area (Å²) in [4.78, 5) is 14.9. The summed E-state index contributed by atoms with van der Waals surface area (Å²) in [6.07, 6.45) is 0. The van der Waals surface area contributed by atoms with Gasteiger partial charge in [-0.15, -0.1) is 0 Å². The average molecular weight is 302 g/mol. The van der Waals surface area contributed by atoms with Crippen LogP contribution < -0.4 is 0 Å².